The molecule has 0 saturated heterocycles. The lowest BCUT2D eigenvalue weighted by Gasteiger charge is -2.06. The number of aliphatic hydroxyl groups is 1. The summed E-state index contributed by atoms with van der Waals surface area (Å²) in [4.78, 5) is 18.2. The molecule has 0 spiro atoms. The summed E-state index contributed by atoms with van der Waals surface area (Å²) in [7, 11) is 0. The number of thioether (sulfide) groups is 1. The molecule has 5 nitrogen and oxygen atoms in total. The second kappa shape index (κ2) is 8.14. The summed E-state index contributed by atoms with van der Waals surface area (Å²) in [6.45, 7) is 2.97. The Morgan fingerprint density at radius 2 is 2.35 bits per heavy atom. The number of H-pyrrole nitrogens is 1. The van der Waals surface area contributed by atoms with Crippen LogP contribution in [0.1, 0.15) is 19.2 Å². The number of rotatable bonds is 8. The molecule has 96 valence electrons. The Morgan fingerprint density at radius 3 is 3.06 bits per heavy atom. The van der Waals surface area contributed by atoms with Gasteiger partial charge in [-0.25, -0.2) is 4.98 Å². The van der Waals surface area contributed by atoms with Crippen molar-refractivity contribution in [2.24, 2.45) is 0 Å². The Labute approximate surface area is 105 Å². The standard InChI is InChI=1S/C11H19N3O2S/c1-2-9-13-10(8-11(16)14-9)12-4-7-17-6-3-5-15/h8,15H,2-7H2,1H3,(H2,12,13,14,16). The smallest absolute Gasteiger partial charge is 0.252 e. The lowest BCUT2D eigenvalue weighted by atomic mass is 10.4. The Hall–Kier alpha value is -1.01. The minimum Gasteiger partial charge on any atom is -0.396 e. The van der Waals surface area contributed by atoms with Gasteiger partial charge in [0.2, 0.25) is 0 Å². The summed E-state index contributed by atoms with van der Waals surface area (Å²) >= 11 is 1.78. The molecule has 0 radical (unpaired) electrons. The summed E-state index contributed by atoms with van der Waals surface area (Å²) in [5.41, 5.74) is -0.118. The van der Waals surface area contributed by atoms with Crippen molar-refractivity contribution < 1.29 is 5.11 Å². The van der Waals surface area contributed by atoms with E-state index in [1.54, 1.807) is 11.8 Å². The molecule has 6 heteroatoms. The van der Waals surface area contributed by atoms with Gasteiger partial charge in [0.15, 0.2) is 0 Å². The minimum atomic E-state index is -0.118. The highest BCUT2D eigenvalue weighted by Crippen LogP contribution is 2.03. The third-order valence-electron chi connectivity index (χ3n) is 2.12. The molecule has 1 aromatic heterocycles. The van der Waals surface area contributed by atoms with E-state index >= 15 is 0 Å². The Balaban J connectivity index is 2.31. The number of aliphatic hydroxyl groups excluding tert-OH is 1. The summed E-state index contributed by atoms with van der Waals surface area (Å²) in [6, 6.07) is 1.47. The van der Waals surface area contributed by atoms with Crippen molar-refractivity contribution >= 4 is 17.6 Å². The highest BCUT2D eigenvalue weighted by atomic mass is 32.2. The van der Waals surface area contributed by atoms with Crippen LogP contribution in [0.15, 0.2) is 10.9 Å². The van der Waals surface area contributed by atoms with Gasteiger partial charge >= 0.3 is 0 Å². The van der Waals surface area contributed by atoms with Crippen LogP contribution in [0, 0.1) is 0 Å². The van der Waals surface area contributed by atoms with Crippen LogP contribution in [0.25, 0.3) is 0 Å². The van der Waals surface area contributed by atoms with Gasteiger partial charge in [-0.1, -0.05) is 6.92 Å². The number of nitrogens with zero attached hydrogens (tertiary/aromatic N) is 1. The summed E-state index contributed by atoms with van der Waals surface area (Å²) < 4.78 is 0. The Kier molecular flexibility index (Phi) is 6.73. The molecule has 3 N–H and O–H groups in total. The average molecular weight is 257 g/mol. The quantitative estimate of drug-likeness (QED) is 0.602. The van der Waals surface area contributed by atoms with Crippen molar-refractivity contribution in [2.75, 3.05) is 30.0 Å². The van der Waals surface area contributed by atoms with Crippen LogP contribution in [0.2, 0.25) is 0 Å². The molecule has 17 heavy (non-hydrogen) atoms. The van der Waals surface area contributed by atoms with Gasteiger partial charge in [-0.15, -0.1) is 0 Å². The highest BCUT2D eigenvalue weighted by molar-refractivity contribution is 7.99. The molecular weight excluding hydrogens is 238 g/mol. The van der Waals surface area contributed by atoms with E-state index in [4.69, 9.17) is 5.11 Å². The van der Waals surface area contributed by atoms with Crippen LogP contribution >= 0.6 is 11.8 Å². The summed E-state index contributed by atoms with van der Waals surface area (Å²) in [5, 5.41) is 11.7. The third kappa shape index (κ3) is 5.74. The molecule has 0 aromatic carbocycles. The number of nitrogens with one attached hydrogen (secondary N) is 2. The molecule has 0 aliphatic carbocycles. The molecule has 0 saturated carbocycles. The van der Waals surface area contributed by atoms with E-state index in [2.05, 4.69) is 15.3 Å². The first kappa shape index (κ1) is 14.1. The normalized spacial score (nSPS) is 10.5. The van der Waals surface area contributed by atoms with Crippen molar-refractivity contribution in [1.29, 1.82) is 0 Å². The topological polar surface area (TPSA) is 78.0 Å². The van der Waals surface area contributed by atoms with Crippen LogP contribution < -0.4 is 10.9 Å². The van der Waals surface area contributed by atoms with Gasteiger partial charge in [0.05, 0.1) is 0 Å². The molecule has 0 unspecified atom stereocenters. The first-order valence-electron chi connectivity index (χ1n) is 5.79. The molecule has 0 bridgehead atoms. The molecule has 1 aromatic rings. The van der Waals surface area contributed by atoms with Gasteiger partial charge < -0.3 is 15.4 Å². The van der Waals surface area contributed by atoms with Crippen molar-refractivity contribution in [3.8, 4) is 0 Å². The maximum Gasteiger partial charge on any atom is 0.252 e. The minimum absolute atomic E-state index is 0.118. The zero-order chi connectivity index (χ0) is 12.5. The summed E-state index contributed by atoms with van der Waals surface area (Å²) in [5.74, 6) is 3.23. The van der Waals surface area contributed by atoms with E-state index in [1.165, 1.54) is 6.07 Å². The monoisotopic (exact) mass is 257 g/mol. The predicted molar refractivity (Wildman–Crippen MR) is 71.8 cm³/mol. The van der Waals surface area contributed by atoms with Crippen molar-refractivity contribution in [3.63, 3.8) is 0 Å². The van der Waals surface area contributed by atoms with Crippen LogP contribution in [-0.4, -0.2) is 39.7 Å². The summed E-state index contributed by atoms with van der Waals surface area (Å²) in [6.07, 6.45) is 1.55. The number of aromatic nitrogens is 2. The number of aromatic amines is 1. The molecule has 0 amide bonds. The van der Waals surface area contributed by atoms with Gasteiger partial charge in [0.1, 0.15) is 11.6 Å². The molecule has 0 fully saturated rings. The fraction of sp³-hybridized carbons (Fsp3) is 0.636. The SMILES string of the molecule is CCc1nc(NCCSCCCO)cc(=O)[nH]1. The largest absolute Gasteiger partial charge is 0.396 e. The number of hydrogen-bond donors (Lipinski definition) is 3. The predicted octanol–water partition coefficient (Wildman–Crippen LogP) is 0.860. The van der Waals surface area contributed by atoms with Crippen LogP contribution in [0.3, 0.4) is 0 Å². The highest BCUT2D eigenvalue weighted by Gasteiger charge is 1.98. The van der Waals surface area contributed by atoms with Gasteiger partial charge in [-0.2, -0.15) is 11.8 Å². The van der Waals surface area contributed by atoms with Crippen molar-refractivity contribution in [2.45, 2.75) is 19.8 Å². The second-order valence-corrected chi connectivity index (χ2v) is 4.77. The molecule has 1 heterocycles. The maximum atomic E-state index is 11.3. The van der Waals surface area contributed by atoms with Crippen LogP contribution in [-0.2, 0) is 6.42 Å². The number of anilines is 1. The molecule has 0 aliphatic heterocycles. The van der Waals surface area contributed by atoms with Gasteiger partial charge in [0, 0.05) is 31.4 Å². The molecular formula is C11H19N3O2S. The van der Waals surface area contributed by atoms with Gasteiger partial charge in [-0.05, 0) is 12.2 Å². The fourth-order valence-corrected chi connectivity index (χ4v) is 2.07. The molecule has 1 rings (SSSR count). The Bertz CT molecular complexity index is 381. The zero-order valence-electron chi connectivity index (χ0n) is 10.0. The zero-order valence-corrected chi connectivity index (χ0v) is 10.8. The third-order valence-corrected chi connectivity index (χ3v) is 3.20. The van der Waals surface area contributed by atoms with E-state index in [9.17, 15) is 4.79 Å². The van der Waals surface area contributed by atoms with E-state index in [-0.39, 0.29) is 12.2 Å². The van der Waals surface area contributed by atoms with Gasteiger partial charge in [0.25, 0.3) is 5.56 Å². The number of aryl methyl sites for hydroxylation is 1. The van der Waals surface area contributed by atoms with Crippen molar-refractivity contribution in [3.05, 3.63) is 22.2 Å². The molecule has 0 atom stereocenters. The van der Waals surface area contributed by atoms with E-state index in [1.807, 2.05) is 6.92 Å². The average Bonchev–Trinajstić information content (AvgIpc) is 2.33. The lowest BCUT2D eigenvalue weighted by Crippen LogP contribution is -2.14. The number of hydrogen-bond acceptors (Lipinski definition) is 5. The first-order valence-corrected chi connectivity index (χ1v) is 6.94. The van der Waals surface area contributed by atoms with E-state index < -0.39 is 0 Å². The molecule has 0 aliphatic rings. The van der Waals surface area contributed by atoms with Crippen LogP contribution in [0.5, 0.6) is 0 Å². The second-order valence-electron chi connectivity index (χ2n) is 3.55. The van der Waals surface area contributed by atoms with E-state index in [0.29, 0.717) is 11.6 Å². The lowest BCUT2D eigenvalue weighted by molar-refractivity contribution is 0.296. The maximum absolute atomic E-state index is 11.3. The fourth-order valence-electron chi connectivity index (χ4n) is 1.29. The van der Waals surface area contributed by atoms with Gasteiger partial charge in [-0.3, -0.25) is 4.79 Å². The Morgan fingerprint density at radius 1 is 1.53 bits per heavy atom. The van der Waals surface area contributed by atoms with E-state index in [0.717, 1.165) is 30.9 Å². The first-order chi connectivity index (χ1) is 8.26. The van der Waals surface area contributed by atoms with Crippen molar-refractivity contribution in [1.82, 2.24) is 9.97 Å². The van der Waals surface area contributed by atoms with Crippen LogP contribution in [0.4, 0.5) is 5.82 Å².